The lowest BCUT2D eigenvalue weighted by atomic mass is 9.85. The Bertz CT molecular complexity index is 455. The molecule has 0 spiro atoms. The lowest BCUT2D eigenvalue weighted by molar-refractivity contribution is 0.0702. The van der Waals surface area contributed by atoms with Crippen LogP contribution in [-0.2, 0) is 6.54 Å². The average Bonchev–Trinajstić information content (AvgIpc) is 2.71. The van der Waals surface area contributed by atoms with Crippen molar-refractivity contribution in [2.75, 3.05) is 7.05 Å². The Balaban J connectivity index is 2.05. The van der Waals surface area contributed by atoms with Gasteiger partial charge in [-0.1, -0.05) is 19.8 Å². The number of carbonyl (C=O) groups is 1. The SMILES string of the molecule is Cc1sc(C(=O)O)cc1CN(C)C1CCCCC1C. The minimum Gasteiger partial charge on any atom is -0.477 e. The van der Waals surface area contributed by atoms with Gasteiger partial charge in [0.25, 0.3) is 0 Å². The molecule has 1 saturated carbocycles. The van der Waals surface area contributed by atoms with E-state index in [1.807, 2.05) is 13.0 Å². The molecule has 0 saturated heterocycles. The highest BCUT2D eigenvalue weighted by atomic mass is 32.1. The Morgan fingerprint density at radius 3 is 2.74 bits per heavy atom. The van der Waals surface area contributed by atoms with Crippen LogP contribution in [0.25, 0.3) is 0 Å². The van der Waals surface area contributed by atoms with Gasteiger partial charge in [-0.25, -0.2) is 4.79 Å². The van der Waals surface area contributed by atoms with E-state index < -0.39 is 5.97 Å². The van der Waals surface area contributed by atoms with E-state index in [-0.39, 0.29) is 0 Å². The van der Waals surface area contributed by atoms with Crippen LogP contribution in [0.2, 0.25) is 0 Å². The molecule has 1 aliphatic carbocycles. The third-order valence-corrected chi connectivity index (χ3v) is 5.36. The molecule has 0 aromatic carbocycles. The molecule has 0 amide bonds. The largest absolute Gasteiger partial charge is 0.477 e. The minimum absolute atomic E-state index is 0.456. The Morgan fingerprint density at radius 1 is 1.47 bits per heavy atom. The molecular formula is C15H23NO2S. The van der Waals surface area contributed by atoms with Gasteiger partial charge in [0.15, 0.2) is 0 Å². The predicted molar refractivity (Wildman–Crippen MR) is 78.9 cm³/mol. The second-order valence-corrected chi connectivity index (χ2v) is 7.00. The number of nitrogens with zero attached hydrogens (tertiary/aromatic N) is 1. The highest BCUT2D eigenvalue weighted by molar-refractivity contribution is 7.14. The molecule has 1 aromatic rings. The van der Waals surface area contributed by atoms with Gasteiger partial charge in [0, 0.05) is 17.5 Å². The maximum absolute atomic E-state index is 11.0. The predicted octanol–water partition coefficient (Wildman–Crippen LogP) is 3.77. The summed E-state index contributed by atoms with van der Waals surface area (Å²) in [5.74, 6) is -0.0651. The summed E-state index contributed by atoms with van der Waals surface area (Å²) in [6.07, 6.45) is 5.26. The number of aromatic carboxylic acids is 1. The summed E-state index contributed by atoms with van der Waals surface area (Å²) in [5.41, 5.74) is 1.17. The fourth-order valence-corrected chi connectivity index (χ4v) is 3.99. The molecule has 2 atom stereocenters. The molecule has 1 N–H and O–H groups in total. The number of hydrogen-bond acceptors (Lipinski definition) is 3. The summed E-state index contributed by atoms with van der Waals surface area (Å²) in [4.78, 5) is 15.0. The number of carboxylic acid groups (broad SMARTS) is 1. The van der Waals surface area contributed by atoms with Gasteiger partial charge >= 0.3 is 5.97 Å². The van der Waals surface area contributed by atoms with Crippen molar-refractivity contribution in [3.05, 3.63) is 21.4 Å². The Labute approximate surface area is 119 Å². The molecule has 4 heteroatoms. The number of carboxylic acids is 1. The van der Waals surface area contributed by atoms with E-state index in [9.17, 15) is 4.79 Å². The smallest absolute Gasteiger partial charge is 0.345 e. The molecule has 1 aromatic heterocycles. The second kappa shape index (κ2) is 6.06. The van der Waals surface area contributed by atoms with Crippen molar-refractivity contribution >= 4 is 17.3 Å². The average molecular weight is 281 g/mol. The second-order valence-electron chi connectivity index (χ2n) is 5.74. The third kappa shape index (κ3) is 3.37. The van der Waals surface area contributed by atoms with Crippen LogP contribution >= 0.6 is 11.3 Å². The monoisotopic (exact) mass is 281 g/mol. The summed E-state index contributed by atoms with van der Waals surface area (Å²) in [5, 5.41) is 9.04. The van der Waals surface area contributed by atoms with Gasteiger partial charge in [0.1, 0.15) is 4.88 Å². The van der Waals surface area contributed by atoms with Gasteiger partial charge in [-0.3, -0.25) is 4.90 Å². The van der Waals surface area contributed by atoms with Crippen LogP contribution < -0.4 is 0 Å². The molecule has 106 valence electrons. The van der Waals surface area contributed by atoms with Crippen LogP contribution in [0, 0.1) is 12.8 Å². The van der Waals surface area contributed by atoms with E-state index >= 15 is 0 Å². The number of hydrogen-bond donors (Lipinski definition) is 1. The van der Waals surface area contributed by atoms with Crippen LogP contribution in [0.3, 0.4) is 0 Å². The van der Waals surface area contributed by atoms with E-state index in [0.29, 0.717) is 10.9 Å². The normalized spacial score (nSPS) is 23.8. The van der Waals surface area contributed by atoms with Crippen LogP contribution in [0.5, 0.6) is 0 Å². The highest BCUT2D eigenvalue weighted by Gasteiger charge is 2.25. The molecule has 1 heterocycles. The molecule has 1 fully saturated rings. The van der Waals surface area contributed by atoms with Crippen molar-refractivity contribution in [2.45, 2.75) is 52.1 Å². The number of thiophene rings is 1. The molecule has 1 aliphatic rings. The molecule has 0 bridgehead atoms. The zero-order chi connectivity index (χ0) is 14.0. The summed E-state index contributed by atoms with van der Waals surface area (Å²) in [7, 11) is 2.17. The van der Waals surface area contributed by atoms with Crippen LogP contribution in [0.1, 0.15) is 52.7 Å². The van der Waals surface area contributed by atoms with E-state index in [4.69, 9.17) is 5.11 Å². The zero-order valence-electron chi connectivity index (χ0n) is 12.0. The molecule has 0 radical (unpaired) electrons. The first-order chi connectivity index (χ1) is 8.99. The Morgan fingerprint density at radius 2 is 2.16 bits per heavy atom. The van der Waals surface area contributed by atoms with Crippen LogP contribution in [0.4, 0.5) is 0 Å². The maximum atomic E-state index is 11.0. The lowest BCUT2D eigenvalue weighted by Crippen LogP contribution is -2.38. The van der Waals surface area contributed by atoms with Crippen molar-refractivity contribution < 1.29 is 9.90 Å². The van der Waals surface area contributed by atoms with Crippen molar-refractivity contribution in [1.29, 1.82) is 0 Å². The summed E-state index contributed by atoms with van der Waals surface area (Å²) in [6.45, 7) is 5.22. The first-order valence-corrected chi connectivity index (χ1v) is 7.83. The topological polar surface area (TPSA) is 40.5 Å². The number of aryl methyl sites for hydroxylation is 1. The quantitative estimate of drug-likeness (QED) is 0.913. The van der Waals surface area contributed by atoms with Gasteiger partial charge in [0.2, 0.25) is 0 Å². The standard InChI is InChI=1S/C15H23NO2S/c1-10-6-4-5-7-13(10)16(3)9-12-8-14(15(17)18)19-11(12)2/h8,10,13H,4-7,9H2,1-3H3,(H,17,18). The zero-order valence-corrected chi connectivity index (χ0v) is 12.8. The van der Waals surface area contributed by atoms with E-state index in [1.165, 1.54) is 42.6 Å². The van der Waals surface area contributed by atoms with Crippen molar-refractivity contribution in [2.24, 2.45) is 5.92 Å². The van der Waals surface area contributed by atoms with Gasteiger partial charge in [-0.15, -0.1) is 11.3 Å². The van der Waals surface area contributed by atoms with Crippen molar-refractivity contribution in [3.63, 3.8) is 0 Å². The van der Waals surface area contributed by atoms with Crippen molar-refractivity contribution in [3.8, 4) is 0 Å². The Hall–Kier alpha value is -0.870. The Kier molecular flexibility index (Phi) is 4.63. The van der Waals surface area contributed by atoms with E-state index in [2.05, 4.69) is 18.9 Å². The van der Waals surface area contributed by atoms with Gasteiger partial charge < -0.3 is 5.11 Å². The first-order valence-electron chi connectivity index (χ1n) is 7.02. The molecule has 2 rings (SSSR count). The third-order valence-electron chi connectivity index (χ3n) is 4.28. The van der Waals surface area contributed by atoms with Crippen LogP contribution in [0.15, 0.2) is 6.07 Å². The molecule has 3 nitrogen and oxygen atoms in total. The fourth-order valence-electron chi connectivity index (χ4n) is 3.12. The molecule has 19 heavy (non-hydrogen) atoms. The first kappa shape index (κ1) is 14.5. The van der Waals surface area contributed by atoms with E-state index in [0.717, 1.165) is 17.3 Å². The summed E-state index contributed by atoms with van der Waals surface area (Å²) in [6, 6.07) is 2.48. The van der Waals surface area contributed by atoms with Gasteiger partial charge in [-0.05, 0) is 44.4 Å². The highest BCUT2D eigenvalue weighted by Crippen LogP contribution is 2.30. The fraction of sp³-hybridized carbons (Fsp3) is 0.667. The molecule has 2 unspecified atom stereocenters. The van der Waals surface area contributed by atoms with Crippen LogP contribution in [-0.4, -0.2) is 29.1 Å². The lowest BCUT2D eigenvalue weighted by Gasteiger charge is -2.36. The van der Waals surface area contributed by atoms with Gasteiger partial charge in [0.05, 0.1) is 0 Å². The molecule has 0 aliphatic heterocycles. The minimum atomic E-state index is -0.812. The summed E-state index contributed by atoms with van der Waals surface area (Å²) >= 11 is 1.39. The van der Waals surface area contributed by atoms with Gasteiger partial charge in [-0.2, -0.15) is 0 Å². The van der Waals surface area contributed by atoms with Crippen molar-refractivity contribution in [1.82, 2.24) is 4.90 Å². The summed E-state index contributed by atoms with van der Waals surface area (Å²) < 4.78 is 0. The van der Waals surface area contributed by atoms with E-state index in [1.54, 1.807) is 0 Å². The number of rotatable bonds is 4. The molecular weight excluding hydrogens is 258 g/mol. The maximum Gasteiger partial charge on any atom is 0.345 e.